The molecule has 0 spiro atoms. The van der Waals surface area contributed by atoms with Gasteiger partial charge >= 0.3 is 0 Å². The van der Waals surface area contributed by atoms with E-state index in [2.05, 4.69) is 20.6 Å². The zero-order valence-corrected chi connectivity index (χ0v) is 16.1. The molecule has 7 nitrogen and oxygen atoms in total. The van der Waals surface area contributed by atoms with Gasteiger partial charge in [-0.1, -0.05) is 0 Å². The number of nitrogens with one attached hydrogen (secondary N) is 2. The van der Waals surface area contributed by atoms with E-state index in [1.54, 1.807) is 7.11 Å². The molecule has 7 heteroatoms. The molecule has 0 aromatic carbocycles. The minimum absolute atomic E-state index is 0.392. The van der Waals surface area contributed by atoms with Crippen molar-refractivity contribution in [1.82, 2.24) is 19.9 Å². The highest BCUT2D eigenvalue weighted by Crippen LogP contribution is 2.35. The number of methoxy groups -OCH3 is 1. The first kappa shape index (κ1) is 18.1. The summed E-state index contributed by atoms with van der Waals surface area (Å²) in [6.07, 6.45) is 12.0. The Hall–Kier alpha value is -2.28. The van der Waals surface area contributed by atoms with Gasteiger partial charge in [-0.15, -0.1) is 0 Å². The summed E-state index contributed by atoms with van der Waals surface area (Å²) >= 11 is 0. The van der Waals surface area contributed by atoms with Gasteiger partial charge in [0.05, 0.1) is 17.5 Å². The number of rotatable bonds is 7. The van der Waals surface area contributed by atoms with Crippen LogP contribution in [0.3, 0.4) is 0 Å². The second-order valence-corrected chi connectivity index (χ2v) is 7.57. The number of aromatic nitrogens is 4. The predicted octanol–water partition coefficient (Wildman–Crippen LogP) is 3.30. The fourth-order valence-corrected chi connectivity index (χ4v) is 3.71. The van der Waals surface area contributed by atoms with Crippen molar-refractivity contribution in [3.05, 3.63) is 24.2 Å². The van der Waals surface area contributed by atoms with Crippen LogP contribution in [-0.4, -0.2) is 46.2 Å². The van der Waals surface area contributed by atoms with Crippen LogP contribution in [0.5, 0.6) is 0 Å². The van der Waals surface area contributed by atoms with E-state index >= 15 is 0 Å². The van der Waals surface area contributed by atoms with E-state index in [0.717, 1.165) is 55.0 Å². The summed E-state index contributed by atoms with van der Waals surface area (Å²) in [6.45, 7) is 0. The van der Waals surface area contributed by atoms with Crippen LogP contribution in [-0.2, 0) is 11.2 Å². The molecule has 2 heterocycles. The maximum atomic E-state index is 5.46. The van der Waals surface area contributed by atoms with Crippen molar-refractivity contribution in [1.29, 1.82) is 0 Å². The van der Waals surface area contributed by atoms with Crippen molar-refractivity contribution < 1.29 is 4.74 Å². The summed E-state index contributed by atoms with van der Waals surface area (Å²) in [5.74, 6) is 2.10. The molecule has 0 aliphatic heterocycles. The lowest BCUT2D eigenvalue weighted by Crippen LogP contribution is -2.29. The monoisotopic (exact) mass is 368 g/mol. The van der Waals surface area contributed by atoms with E-state index < -0.39 is 0 Å². The summed E-state index contributed by atoms with van der Waals surface area (Å²) in [4.78, 5) is 18.3. The summed E-state index contributed by atoms with van der Waals surface area (Å²) in [5, 5.41) is 6.54. The van der Waals surface area contributed by atoms with Gasteiger partial charge in [-0.2, -0.15) is 0 Å². The first-order valence-corrected chi connectivity index (χ1v) is 9.91. The molecule has 0 unspecified atom stereocenters. The number of nitrogens with zero attached hydrogens (tertiary/aromatic N) is 4. The molecule has 0 bridgehead atoms. The largest absolute Gasteiger partial charge is 0.381 e. The zero-order valence-electron chi connectivity index (χ0n) is 16.1. The maximum Gasteiger partial charge on any atom is 0.223 e. The summed E-state index contributed by atoms with van der Waals surface area (Å²) in [6, 6.07) is 2.35. The number of hydrogen-bond donors (Lipinski definition) is 2. The molecule has 2 aromatic rings. The van der Waals surface area contributed by atoms with Gasteiger partial charge in [0.2, 0.25) is 11.9 Å². The molecular formula is C20H28N6O. The lowest BCUT2D eigenvalue weighted by molar-refractivity contribution is 0.0681. The van der Waals surface area contributed by atoms with Crippen LogP contribution in [0.1, 0.15) is 44.2 Å². The van der Waals surface area contributed by atoms with Crippen molar-refractivity contribution in [3.63, 3.8) is 0 Å². The standard InChI is InChI=1S/C20H28N6O/c1-21-19-23-12-16(18(26-19)11-13-3-4-13)17-9-10-22-20(25-17)24-14-5-7-15(27-2)8-6-14/h9-10,12-15H,3-8,11H2,1-2H3,(H,21,23,26)(H,22,24,25). The first-order valence-electron chi connectivity index (χ1n) is 9.91. The molecule has 2 aliphatic carbocycles. The third kappa shape index (κ3) is 4.53. The van der Waals surface area contributed by atoms with E-state index in [4.69, 9.17) is 14.7 Å². The summed E-state index contributed by atoms with van der Waals surface area (Å²) < 4.78 is 5.46. The molecule has 144 valence electrons. The lowest BCUT2D eigenvalue weighted by atomic mass is 9.93. The Labute approximate surface area is 160 Å². The molecule has 2 aromatic heterocycles. The van der Waals surface area contributed by atoms with Crippen molar-refractivity contribution in [2.24, 2.45) is 5.92 Å². The SMILES string of the molecule is CNc1ncc(-c2ccnc(NC3CCC(OC)CC3)n2)c(CC2CC2)n1. The Bertz CT molecular complexity index is 771. The van der Waals surface area contributed by atoms with E-state index in [1.165, 1.54) is 12.8 Å². The van der Waals surface area contributed by atoms with Crippen LogP contribution in [0.2, 0.25) is 0 Å². The minimum Gasteiger partial charge on any atom is -0.381 e. The normalized spacial score (nSPS) is 22.4. The third-order valence-corrected chi connectivity index (χ3v) is 5.54. The molecule has 2 saturated carbocycles. The van der Waals surface area contributed by atoms with Crippen LogP contribution >= 0.6 is 0 Å². The predicted molar refractivity (Wildman–Crippen MR) is 106 cm³/mol. The molecule has 0 saturated heterocycles. The number of anilines is 2. The second kappa shape index (κ2) is 8.17. The van der Waals surface area contributed by atoms with Gasteiger partial charge in [-0.25, -0.2) is 19.9 Å². The van der Waals surface area contributed by atoms with Gasteiger partial charge in [0.1, 0.15) is 0 Å². The average Bonchev–Trinajstić information content (AvgIpc) is 3.53. The lowest BCUT2D eigenvalue weighted by Gasteiger charge is -2.28. The van der Waals surface area contributed by atoms with Crippen LogP contribution in [0.15, 0.2) is 18.5 Å². The smallest absolute Gasteiger partial charge is 0.223 e. The highest BCUT2D eigenvalue weighted by atomic mass is 16.5. The molecule has 4 rings (SSSR count). The minimum atomic E-state index is 0.392. The van der Waals surface area contributed by atoms with Crippen LogP contribution in [0.4, 0.5) is 11.9 Å². The van der Waals surface area contributed by atoms with Crippen LogP contribution in [0, 0.1) is 5.92 Å². The van der Waals surface area contributed by atoms with Gasteiger partial charge < -0.3 is 15.4 Å². The molecule has 2 aliphatic rings. The van der Waals surface area contributed by atoms with Crippen molar-refractivity contribution >= 4 is 11.9 Å². The molecule has 0 radical (unpaired) electrons. The molecule has 2 fully saturated rings. The van der Waals surface area contributed by atoms with Gasteiger partial charge in [-0.05, 0) is 56.9 Å². The van der Waals surface area contributed by atoms with Crippen molar-refractivity contribution in [2.45, 2.75) is 57.1 Å². The zero-order chi connectivity index (χ0) is 18.6. The number of hydrogen-bond acceptors (Lipinski definition) is 7. The van der Waals surface area contributed by atoms with Gasteiger partial charge in [0, 0.05) is 38.2 Å². The van der Waals surface area contributed by atoms with Gasteiger partial charge in [0.15, 0.2) is 0 Å². The van der Waals surface area contributed by atoms with E-state index in [9.17, 15) is 0 Å². The Morgan fingerprint density at radius 3 is 2.56 bits per heavy atom. The average molecular weight is 368 g/mol. The Kier molecular flexibility index (Phi) is 5.48. The maximum absolute atomic E-state index is 5.46. The van der Waals surface area contributed by atoms with Crippen molar-refractivity contribution in [3.8, 4) is 11.3 Å². The molecule has 27 heavy (non-hydrogen) atoms. The molecule has 0 amide bonds. The van der Waals surface area contributed by atoms with E-state index in [-0.39, 0.29) is 0 Å². The van der Waals surface area contributed by atoms with Crippen molar-refractivity contribution in [2.75, 3.05) is 24.8 Å². The summed E-state index contributed by atoms with van der Waals surface area (Å²) in [5.41, 5.74) is 2.97. The van der Waals surface area contributed by atoms with Crippen LogP contribution < -0.4 is 10.6 Å². The Morgan fingerprint density at radius 1 is 1.04 bits per heavy atom. The number of ether oxygens (including phenoxy) is 1. The molecule has 0 atom stereocenters. The Morgan fingerprint density at radius 2 is 1.85 bits per heavy atom. The Balaban J connectivity index is 1.52. The van der Waals surface area contributed by atoms with Gasteiger partial charge in [0.25, 0.3) is 0 Å². The second-order valence-electron chi connectivity index (χ2n) is 7.57. The topological polar surface area (TPSA) is 84.9 Å². The fraction of sp³-hybridized carbons (Fsp3) is 0.600. The van der Waals surface area contributed by atoms with E-state index in [1.807, 2.05) is 25.5 Å². The van der Waals surface area contributed by atoms with Crippen LogP contribution in [0.25, 0.3) is 11.3 Å². The first-order chi connectivity index (χ1) is 13.2. The molecular weight excluding hydrogens is 340 g/mol. The fourth-order valence-electron chi connectivity index (χ4n) is 3.71. The highest BCUT2D eigenvalue weighted by molar-refractivity contribution is 5.63. The summed E-state index contributed by atoms with van der Waals surface area (Å²) in [7, 11) is 3.65. The highest BCUT2D eigenvalue weighted by Gasteiger charge is 2.25. The third-order valence-electron chi connectivity index (χ3n) is 5.54. The van der Waals surface area contributed by atoms with Gasteiger partial charge in [-0.3, -0.25) is 0 Å². The van der Waals surface area contributed by atoms with E-state index in [0.29, 0.717) is 24.0 Å². The molecule has 2 N–H and O–H groups in total. The quantitative estimate of drug-likeness (QED) is 0.775.